The number of ether oxygens (including phenoxy) is 1. The van der Waals surface area contributed by atoms with Gasteiger partial charge in [0, 0.05) is 20.9 Å². The topological polar surface area (TPSA) is 50.9 Å². The molecule has 0 saturated carbocycles. The molecule has 0 aliphatic heterocycles. The number of benzene rings is 1. The normalized spacial score (nSPS) is 11.6. The van der Waals surface area contributed by atoms with E-state index in [0.29, 0.717) is 18.1 Å². The van der Waals surface area contributed by atoms with Crippen LogP contribution in [0, 0.1) is 13.8 Å². The summed E-state index contributed by atoms with van der Waals surface area (Å²) < 4.78 is 5.12. The average Bonchev–Trinajstić information content (AvgIpc) is 3.01. The first-order valence-corrected chi connectivity index (χ1v) is 11.5. The highest BCUT2D eigenvalue weighted by atomic mass is 32.2. The standard InChI is InChI=1S/C22H30O3S2/c1-6-22(7-2,17-9-10-18(23)15(4)11-17)20-12-16(5)19(27-20)13-26-14-21(24)25-8-3/h9-12,23H,6-8,13-14H2,1-5H3/p+1. The quantitative estimate of drug-likeness (QED) is 0.413. The Morgan fingerprint density at radius 3 is 2.44 bits per heavy atom. The molecule has 2 rings (SSSR count). The summed E-state index contributed by atoms with van der Waals surface area (Å²) in [5, 5.41) is 9.92. The summed E-state index contributed by atoms with van der Waals surface area (Å²) in [5.41, 5.74) is 3.46. The molecule has 0 unspecified atom stereocenters. The van der Waals surface area contributed by atoms with Gasteiger partial charge in [-0.15, -0.1) is 23.1 Å². The molecule has 0 spiro atoms. The number of phenolic OH excluding ortho intramolecular Hbond substituents is 1. The highest BCUT2D eigenvalue weighted by Gasteiger charge is 2.33. The molecule has 1 aromatic heterocycles. The molecular weight excluding hydrogens is 376 g/mol. The second-order valence-corrected chi connectivity index (χ2v) is 8.95. The Bertz CT molecular complexity index is 776. The Balaban J connectivity index is 2.27. The minimum Gasteiger partial charge on any atom is -0.508 e. The Morgan fingerprint density at radius 1 is 1.15 bits per heavy atom. The van der Waals surface area contributed by atoms with Crippen molar-refractivity contribution in [2.45, 2.75) is 58.6 Å². The van der Waals surface area contributed by atoms with Crippen LogP contribution >= 0.6 is 23.1 Å². The van der Waals surface area contributed by atoms with Gasteiger partial charge in [-0.25, -0.2) is 0 Å². The summed E-state index contributed by atoms with van der Waals surface area (Å²) in [6, 6.07) is 8.32. The molecule has 0 atom stereocenters. The van der Waals surface area contributed by atoms with Crippen LogP contribution in [-0.2, 0) is 15.9 Å². The van der Waals surface area contributed by atoms with E-state index in [1.54, 1.807) is 11.8 Å². The molecule has 3 nitrogen and oxygen atoms in total. The van der Waals surface area contributed by atoms with Gasteiger partial charge in [-0.1, -0.05) is 26.0 Å². The maximum Gasteiger partial charge on any atom is 0.492 e. The average molecular weight is 408 g/mol. The van der Waals surface area contributed by atoms with Crippen molar-refractivity contribution in [2.24, 2.45) is 0 Å². The molecule has 1 aromatic carbocycles. The summed E-state index contributed by atoms with van der Waals surface area (Å²) in [6.07, 6.45) is 2.03. The lowest BCUT2D eigenvalue weighted by Gasteiger charge is -2.32. The largest absolute Gasteiger partial charge is 0.508 e. The number of thiophene rings is 1. The Hall–Kier alpha value is -1.46. The molecular formula is C22H31O3S2+. The first-order valence-electron chi connectivity index (χ1n) is 9.53. The number of phenols is 1. The van der Waals surface area contributed by atoms with Crippen molar-refractivity contribution >= 4 is 29.1 Å². The molecule has 0 aliphatic carbocycles. The Morgan fingerprint density at radius 2 is 1.85 bits per heavy atom. The summed E-state index contributed by atoms with van der Waals surface area (Å²) >= 11 is 3.54. The van der Waals surface area contributed by atoms with Gasteiger partial charge < -0.3 is 14.6 Å². The molecule has 0 radical (unpaired) electrons. The minimum absolute atomic E-state index is 0.0314. The van der Waals surface area contributed by atoms with Gasteiger partial charge in [0.05, 0.1) is 0 Å². The van der Waals surface area contributed by atoms with Gasteiger partial charge in [-0.05, 0) is 62.4 Å². The van der Waals surface area contributed by atoms with Gasteiger partial charge in [0.2, 0.25) is 0 Å². The molecule has 1 heterocycles. The van der Waals surface area contributed by atoms with E-state index in [9.17, 15) is 9.90 Å². The Labute approximate surface area is 171 Å². The van der Waals surface area contributed by atoms with E-state index in [0.717, 1.165) is 24.2 Å². The number of carbonyl (C=O) groups excluding carboxylic acids is 1. The first-order chi connectivity index (χ1) is 12.9. The fraction of sp³-hybridized carbons (Fsp3) is 0.500. The summed E-state index contributed by atoms with van der Waals surface area (Å²) in [6.45, 7) is 11.0. The predicted octanol–water partition coefficient (Wildman–Crippen LogP) is 5.95. The molecule has 0 fully saturated rings. The van der Waals surface area contributed by atoms with E-state index in [4.69, 9.17) is 4.74 Å². The van der Waals surface area contributed by atoms with Crippen LogP contribution < -0.4 is 0 Å². The highest BCUT2D eigenvalue weighted by Crippen LogP contribution is 2.44. The van der Waals surface area contributed by atoms with Gasteiger partial charge in [-0.2, -0.15) is 0 Å². The third kappa shape index (κ3) is 4.88. The van der Waals surface area contributed by atoms with Crippen molar-refractivity contribution in [3.05, 3.63) is 50.7 Å². The van der Waals surface area contributed by atoms with Crippen LogP contribution in [0.5, 0.6) is 5.75 Å². The molecule has 0 saturated heterocycles. The van der Waals surface area contributed by atoms with Crippen LogP contribution in [0.2, 0.25) is 0 Å². The zero-order valence-corrected chi connectivity index (χ0v) is 18.6. The molecule has 2 N–H and O–H groups in total. The lowest BCUT2D eigenvalue weighted by Crippen LogP contribution is -2.24. The molecule has 0 bridgehead atoms. The maximum atomic E-state index is 9.92. The number of hydrogen-bond acceptors (Lipinski definition) is 4. The number of esters is 1. The van der Waals surface area contributed by atoms with Gasteiger partial charge in [0.1, 0.15) is 11.5 Å². The summed E-state index contributed by atoms with van der Waals surface area (Å²) in [5.74, 6) is 1.83. The van der Waals surface area contributed by atoms with E-state index in [1.165, 1.54) is 20.9 Å². The lowest BCUT2D eigenvalue weighted by molar-refractivity contribution is 0.290. The first kappa shape index (κ1) is 21.8. The third-order valence-corrected chi connectivity index (χ3v) is 7.79. The monoisotopic (exact) mass is 407 g/mol. The number of aryl methyl sites for hydroxylation is 2. The van der Waals surface area contributed by atoms with E-state index in [2.05, 4.69) is 39.0 Å². The van der Waals surface area contributed by atoms with Crippen LogP contribution in [0.3, 0.4) is 0 Å². The summed E-state index contributed by atoms with van der Waals surface area (Å²) in [7, 11) is 0. The van der Waals surface area contributed by atoms with Crippen LogP contribution in [0.15, 0.2) is 24.3 Å². The van der Waals surface area contributed by atoms with Crippen LogP contribution in [-0.4, -0.2) is 28.2 Å². The van der Waals surface area contributed by atoms with Crippen molar-refractivity contribution in [2.75, 3.05) is 12.4 Å². The second kappa shape index (κ2) is 9.65. The molecule has 0 aliphatic rings. The highest BCUT2D eigenvalue weighted by molar-refractivity contribution is 7.99. The number of thioether (sulfide) groups is 1. The zero-order valence-electron chi connectivity index (χ0n) is 17.0. The molecule has 5 heteroatoms. The minimum atomic E-state index is -0.0314. The number of aromatic hydroxyl groups is 1. The number of rotatable bonds is 9. The van der Waals surface area contributed by atoms with Gasteiger partial charge in [0.25, 0.3) is 0 Å². The van der Waals surface area contributed by atoms with Crippen molar-refractivity contribution in [1.82, 2.24) is 0 Å². The van der Waals surface area contributed by atoms with Crippen molar-refractivity contribution in [3.8, 4) is 5.75 Å². The lowest BCUT2D eigenvalue weighted by atomic mass is 9.74. The molecule has 2 aromatic rings. The van der Waals surface area contributed by atoms with Gasteiger partial charge in [0.15, 0.2) is 6.61 Å². The number of hydrogen-bond donors (Lipinski definition) is 1. The molecule has 0 amide bonds. The zero-order chi connectivity index (χ0) is 20.0. The van der Waals surface area contributed by atoms with Crippen molar-refractivity contribution in [3.63, 3.8) is 0 Å². The van der Waals surface area contributed by atoms with Crippen molar-refractivity contribution in [1.29, 1.82) is 0 Å². The van der Waals surface area contributed by atoms with Gasteiger partial charge in [-0.3, -0.25) is 0 Å². The second-order valence-electron chi connectivity index (χ2n) is 6.83. The van der Waals surface area contributed by atoms with E-state index >= 15 is 0 Å². The van der Waals surface area contributed by atoms with E-state index < -0.39 is 0 Å². The SMILES string of the molecule is CCOC(=[OH+])CSCc1sc(C(CC)(CC)c2ccc(O)c(C)c2)cc1C. The van der Waals surface area contributed by atoms with E-state index in [1.807, 2.05) is 31.3 Å². The predicted molar refractivity (Wildman–Crippen MR) is 118 cm³/mol. The Kier molecular flexibility index (Phi) is 7.80. The maximum absolute atomic E-state index is 9.92. The fourth-order valence-corrected chi connectivity index (χ4v) is 6.02. The van der Waals surface area contributed by atoms with Crippen molar-refractivity contribution < 1.29 is 14.6 Å². The van der Waals surface area contributed by atoms with Crippen LogP contribution in [0.25, 0.3) is 0 Å². The van der Waals surface area contributed by atoms with Crippen LogP contribution in [0.1, 0.15) is 60.1 Å². The third-order valence-electron chi connectivity index (χ3n) is 5.22. The molecule has 27 heavy (non-hydrogen) atoms. The smallest absolute Gasteiger partial charge is 0.492 e. The molecule has 148 valence electrons. The van der Waals surface area contributed by atoms with Gasteiger partial charge >= 0.3 is 5.97 Å². The van der Waals surface area contributed by atoms with E-state index in [-0.39, 0.29) is 11.4 Å². The fourth-order valence-electron chi connectivity index (χ4n) is 3.44. The summed E-state index contributed by atoms with van der Waals surface area (Å²) in [4.78, 5) is 12.4. The van der Waals surface area contributed by atoms with Crippen LogP contribution in [0.4, 0.5) is 0 Å².